The molecule has 0 aliphatic rings. The molecule has 3 aromatic rings. The summed E-state index contributed by atoms with van der Waals surface area (Å²) >= 11 is 3.23. The van der Waals surface area contributed by atoms with Gasteiger partial charge in [0.1, 0.15) is 0 Å². The third kappa shape index (κ3) is 2.79. The number of hydrogen-bond acceptors (Lipinski definition) is 3. The normalized spacial score (nSPS) is 10.8. The zero-order valence-corrected chi connectivity index (χ0v) is 12.8. The summed E-state index contributed by atoms with van der Waals surface area (Å²) in [5.41, 5.74) is 2.08. The van der Waals surface area contributed by atoms with Gasteiger partial charge in [-0.25, -0.2) is 0 Å². The smallest absolute Gasteiger partial charge is 0.174 e. The molecule has 2 aromatic carbocycles. The van der Waals surface area contributed by atoms with Crippen molar-refractivity contribution in [2.75, 3.05) is 5.75 Å². The fourth-order valence-electron chi connectivity index (χ4n) is 2.07. The molecule has 3 heteroatoms. The van der Waals surface area contributed by atoms with Gasteiger partial charge in [-0.15, -0.1) is 23.1 Å². The highest BCUT2D eigenvalue weighted by atomic mass is 32.2. The van der Waals surface area contributed by atoms with Crippen LogP contribution in [-0.4, -0.2) is 11.5 Å². The first-order valence-electron chi connectivity index (χ1n) is 6.43. The number of rotatable bonds is 4. The third-order valence-corrected chi connectivity index (χ3v) is 5.15. The molecule has 0 amide bonds. The van der Waals surface area contributed by atoms with E-state index in [-0.39, 0.29) is 5.78 Å². The molecular formula is C17H14OS2. The second-order valence-electron chi connectivity index (χ2n) is 4.67. The van der Waals surface area contributed by atoms with E-state index in [0.29, 0.717) is 5.75 Å². The molecule has 0 radical (unpaired) electrons. The maximum Gasteiger partial charge on any atom is 0.174 e. The molecule has 1 nitrogen and oxygen atoms in total. The van der Waals surface area contributed by atoms with E-state index < -0.39 is 0 Å². The summed E-state index contributed by atoms with van der Waals surface area (Å²) in [6, 6.07) is 16.3. The molecule has 0 atom stereocenters. The molecule has 3 rings (SSSR count). The molecule has 20 heavy (non-hydrogen) atoms. The largest absolute Gasteiger partial charge is 0.293 e. The second-order valence-corrected chi connectivity index (χ2v) is 6.63. The van der Waals surface area contributed by atoms with Crippen LogP contribution in [0, 0.1) is 6.92 Å². The molecule has 1 heterocycles. The number of Topliss-reactive ketones (excluding diaryl/α,β-unsaturated/α-hetero) is 1. The minimum atomic E-state index is 0.198. The first-order valence-corrected chi connectivity index (χ1v) is 8.29. The van der Waals surface area contributed by atoms with Crippen molar-refractivity contribution in [2.45, 2.75) is 11.8 Å². The molecule has 0 aliphatic heterocycles. The molecule has 0 saturated heterocycles. The van der Waals surface area contributed by atoms with Crippen molar-refractivity contribution in [1.82, 2.24) is 0 Å². The Kier molecular flexibility index (Phi) is 3.90. The SMILES string of the molecule is Cc1ccc(SCC(=O)c2cccc3ccsc23)cc1. The highest BCUT2D eigenvalue weighted by Crippen LogP contribution is 2.27. The minimum Gasteiger partial charge on any atom is -0.293 e. The van der Waals surface area contributed by atoms with E-state index in [2.05, 4.69) is 43.3 Å². The van der Waals surface area contributed by atoms with Gasteiger partial charge in [0.05, 0.1) is 5.75 Å². The van der Waals surface area contributed by atoms with Gasteiger partial charge in [0, 0.05) is 15.2 Å². The summed E-state index contributed by atoms with van der Waals surface area (Å²) in [7, 11) is 0. The first-order chi connectivity index (χ1) is 9.74. The van der Waals surface area contributed by atoms with Crippen molar-refractivity contribution in [2.24, 2.45) is 0 Å². The number of carbonyl (C=O) groups is 1. The van der Waals surface area contributed by atoms with Gasteiger partial charge in [-0.1, -0.05) is 29.8 Å². The van der Waals surface area contributed by atoms with Crippen LogP contribution in [0.4, 0.5) is 0 Å². The Morgan fingerprint density at radius 2 is 1.90 bits per heavy atom. The molecule has 1 aromatic heterocycles. The lowest BCUT2D eigenvalue weighted by atomic mass is 10.1. The lowest BCUT2D eigenvalue weighted by Crippen LogP contribution is -2.02. The van der Waals surface area contributed by atoms with Gasteiger partial charge in [-0.2, -0.15) is 0 Å². The lowest BCUT2D eigenvalue weighted by Gasteiger charge is -2.03. The van der Waals surface area contributed by atoms with Gasteiger partial charge in [0.2, 0.25) is 0 Å². The van der Waals surface area contributed by atoms with Gasteiger partial charge >= 0.3 is 0 Å². The summed E-state index contributed by atoms with van der Waals surface area (Å²) in [4.78, 5) is 13.5. The summed E-state index contributed by atoms with van der Waals surface area (Å²) in [6.45, 7) is 2.07. The van der Waals surface area contributed by atoms with Gasteiger partial charge in [-0.05, 0) is 42.0 Å². The third-order valence-electron chi connectivity index (χ3n) is 3.17. The molecule has 0 fully saturated rings. The fraction of sp³-hybridized carbons (Fsp3) is 0.118. The molecule has 100 valence electrons. The summed E-state index contributed by atoms with van der Waals surface area (Å²) in [5, 5.41) is 3.19. The van der Waals surface area contributed by atoms with Crippen LogP contribution in [0.3, 0.4) is 0 Å². The number of ketones is 1. The zero-order chi connectivity index (χ0) is 13.9. The minimum absolute atomic E-state index is 0.198. The van der Waals surface area contributed by atoms with Crippen molar-refractivity contribution < 1.29 is 4.79 Å². The van der Waals surface area contributed by atoms with Crippen LogP contribution in [0.1, 0.15) is 15.9 Å². The van der Waals surface area contributed by atoms with Gasteiger partial charge in [-0.3, -0.25) is 4.79 Å². The quantitative estimate of drug-likeness (QED) is 0.487. The van der Waals surface area contributed by atoms with Gasteiger partial charge < -0.3 is 0 Å². The van der Waals surface area contributed by atoms with Crippen LogP contribution >= 0.6 is 23.1 Å². The molecule has 0 N–H and O–H groups in total. The van der Waals surface area contributed by atoms with E-state index in [1.807, 2.05) is 17.5 Å². The highest BCUT2D eigenvalue weighted by Gasteiger charge is 2.11. The average Bonchev–Trinajstić information content (AvgIpc) is 2.94. The van der Waals surface area contributed by atoms with Crippen LogP contribution in [0.5, 0.6) is 0 Å². The van der Waals surface area contributed by atoms with Crippen molar-refractivity contribution >= 4 is 39.0 Å². The van der Waals surface area contributed by atoms with E-state index in [1.165, 1.54) is 5.56 Å². The molecule has 0 unspecified atom stereocenters. The predicted octanol–water partition coefficient (Wildman–Crippen LogP) is 5.18. The maximum atomic E-state index is 12.4. The van der Waals surface area contributed by atoms with Crippen molar-refractivity contribution in [1.29, 1.82) is 0 Å². The Labute approximate surface area is 126 Å². The van der Waals surface area contributed by atoms with Gasteiger partial charge in [0.15, 0.2) is 5.78 Å². The highest BCUT2D eigenvalue weighted by molar-refractivity contribution is 8.00. The Morgan fingerprint density at radius 3 is 2.70 bits per heavy atom. The van der Waals surface area contributed by atoms with E-state index in [9.17, 15) is 4.79 Å². The number of fused-ring (bicyclic) bond motifs is 1. The zero-order valence-electron chi connectivity index (χ0n) is 11.1. The van der Waals surface area contributed by atoms with Crippen LogP contribution in [-0.2, 0) is 0 Å². The number of carbonyl (C=O) groups excluding carboxylic acids is 1. The lowest BCUT2D eigenvalue weighted by molar-refractivity contribution is 0.102. The number of thiophene rings is 1. The van der Waals surface area contributed by atoms with Crippen LogP contribution in [0.2, 0.25) is 0 Å². The van der Waals surface area contributed by atoms with Crippen molar-refractivity contribution in [3.05, 3.63) is 65.0 Å². The molecular weight excluding hydrogens is 284 g/mol. The monoisotopic (exact) mass is 298 g/mol. The Hall–Kier alpha value is -1.58. The van der Waals surface area contributed by atoms with Gasteiger partial charge in [0.25, 0.3) is 0 Å². The topological polar surface area (TPSA) is 17.1 Å². The van der Waals surface area contributed by atoms with Crippen LogP contribution < -0.4 is 0 Å². The predicted molar refractivity (Wildman–Crippen MR) is 88.1 cm³/mol. The second kappa shape index (κ2) is 5.81. The number of thioether (sulfide) groups is 1. The molecule has 0 aliphatic carbocycles. The van der Waals surface area contributed by atoms with E-state index in [4.69, 9.17) is 0 Å². The van der Waals surface area contributed by atoms with Crippen LogP contribution in [0.15, 0.2) is 58.8 Å². The fourth-order valence-corrected chi connectivity index (χ4v) is 3.79. The number of benzene rings is 2. The number of aryl methyl sites for hydroxylation is 1. The average molecular weight is 298 g/mol. The standard InChI is InChI=1S/C17H14OS2/c1-12-5-7-14(8-6-12)20-11-16(18)15-4-2-3-13-9-10-19-17(13)15/h2-10H,11H2,1H3. The summed E-state index contributed by atoms with van der Waals surface area (Å²) in [6.07, 6.45) is 0. The summed E-state index contributed by atoms with van der Waals surface area (Å²) in [5.74, 6) is 0.684. The Bertz CT molecular complexity index is 741. The van der Waals surface area contributed by atoms with E-state index in [0.717, 1.165) is 20.5 Å². The van der Waals surface area contributed by atoms with Crippen LogP contribution in [0.25, 0.3) is 10.1 Å². The number of hydrogen-bond donors (Lipinski definition) is 0. The van der Waals surface area contributed by atoms with Crippen molar-refractivity contribution in [3.63, 3.8) is 0 Å². The Morgan fingerprint density at radius 1 is 1.10 bits per heavy atom. The van der Waals surface area contributed by atoms with Crippen molar-refractivity contribution in [3.8, 4) is 0 Å². The molecule has 0 bridgehead atoms. The Balaban J connectivity index is 1.76. The van der Waals surface area contributed by atoms with E-state index >= 15 is 0 Å². The maximum absolute atomic E-state index is 12.4. The summed E-state index contributed by atoms with van der Waals surface area (Å²) < 4.78 is 1.10. The van der Waals surface area contributed by atoms with E-state index in [1.54, 1.807) is 23.1 Å². The molecule has 0 spiro atoms. The first kappa shape index (κ1) is 13.4. The molecule has 0 saturated carbocycles.